The molecular formula is C15H14N6O2. The highest BCUT2D eigenvalue weighted by molar-refractivity contribution is 5.93. The molecule has 0 bridgehead atoms. The molecule has 8 heteroatoms. The molecule has 0 aliphatic carbocycles. The average molecular weight is 310 g/mol. The first-order chi connectivity index (χ1) is 11.2. The molecule has 1 heterocycles. The summed E-state index contributed by atoms with van der Waals surface area (Å²) in [7, 11) is 0. The highest BCUT2D eigenvalue weighted by Crippen LogP contribution is 2.18. The smallest absolute Gasteiger partial charge is 0.274 e. The second-order valence-corrected chi connectivity index (χ2v) is 4.92. The van der Waals surface area contributed by atoms with E-state index < -0.39 is 5.91 Å². The van der Waals surface area contributed by atoms with Crippen LogP contribution in [0.5, 0.6) is 0 Å². The number of hydrogen-bond acceptors (Lipinski definition) is 6. The van der Waals surface area contributed by atoms with Crippen molar-refractivity contribution in [3.63, 3.8) is 0 Å². The Kier molecular flexibility index (Phi) is 3.98. The summed E-state index contributed by atoms with van der Waals surface area (Å²) in [6.07, 6.45) is 0. The molecule has 0 radical (unpaired) electrons. The molecule has 0 saturated heterocycles. The van der Waals surface area contributed by atoms with Gasteiger partial charge in [-0.1, -0.05) is 12.1 Å². The molecule has 3 aromatic rings. The van der Waals surface area contributed by atoms with E-state index in [0.29, 0.717) is 23.6 Å². The zero-order valence-corrected chi connectivity index (χ0v) is 12.0. The number of anilines is 1. The van der Waals surface area contributed by atoms with Crippen LogP contribution in [0.2, 0.25) is 0 Å². The van der Waals surface area contributed by atoms with Crippen LogP contribution < -0.4 is 11.2 Å². The third kappa shape index (κ3) is 3.16. The zero-order valence-electron chi connectivity index (χ0n) is 12.0. The first kappa shape index (κ1) is 14.7. The molecule has 116 valence electrons. The molecule has 1 amide bonds. The number of nitrogens with zero attached hydrogens (tertiary/aromatic N) is 4. The highest BCUT2D eigenvalue weighted by atomic mass is 16.5. The first-order valence-electron chi connectivity index (χ1n) is 6.83. The summed E-state index contributed by atoms with van der Waals surface area (Å²) >= 11 is 0. The molecule has 8 nitrogen and oxygen atoms in total. The molecule has 1 aromatic heterocycles. The molecule has 0 fully saturated rings. The van der Waals surface area contributed by atoms with E-state index in [1.807, 2.05) is 12.1 Å². The van der Waals surface area contributed by atoms with Crippen molar-refractivity contribution in [1.29, 1.82) is 0 Å². The lowest BCUT2D eigenvalue weighted by atomic mass is 10.1. The Morgan fingerprint density at radius 3 is 2.48 bits per heavy atom. The molecule has 0 aliphatic heterocycles. The predicted octanol–water partition coefficient (Wildman–Crippen LogP) is 1.09. The Morgan fingerprint density at radius 2 is 1.83 bits per heavy atom. The normalized spacial score (nSPS) is 10.5. The topological polar surface area (TPSA) is 119 Å². The molecular weight excluding hydrogens is 296 g/mol. The lowest BCUT2D eigenvalue weighted by Gasteiger charge is -2.06. The van der Waals surface area contributed by atoms with E-state index in [0.717, 1.165) is 11.1 Å². The van der Waals surface area contributed by atoms with Gasteiger partial charge in [0.25, 0.3) is 5.91 Å². The number of hydroxylamine groups is 1. The maximum Gasteiger partial charge on any atom is 0.274 e. The van der Waals surface area contributed by atoms with Gasteiger partial charge in [-0.2, -0.15) is 0 Å². The van der Waals surface area contributed by atoms with Gasteiger partial charge in [0.2, 0.25) is 0 Å². The highest BCUT2D eigenvalue weighted by Gasteiger charge is 2.10. The lowest BCUT2D eigenvalue weighted by Crippen LogP contribution is -2.18. The van der Waals surface area contributed by atoms with Crippen molar-refractivity contribution in [2.45, 2.75) is 6.54 Å². The second-order valence-electron chi connectivity index (χ2n) is 4.92. The van der Waals surface area contributed by atoms with Crippen molar-refractivity contribution in [2.75, 3.05) is 5.73 Å². The monoisotopic (exact) mass is 310 g/mol. The van der Waals surface area contributed by atoms with Crippen LogP contribution in [0, 0.1) is 0 Å². The Bertz CT molecular complexity index is 811. The van der Waals surface area contributed by atoms with Crippen LogP contribution in [0.25, 0.3) is 11.4 Å². The van der Waals surface area contributed by atoms with E-state index in [1.165, 1.54) is 0 Å². The summed E-state index contributed by atoms with van der Waals surface area (Å²) in [5.41, 5.74) is 10.1. The number of nitrogens with one attached hydrogen (secondary N) is 1. The van der Waals surface area contributed by atoms with Crippen LogP contribution in [-0.2, 0) is 6.54 Å². The summed E-state index contributed by atoms with van der Waals surface area (Å²) in [5.74, 6) is 0.0729. The van der Waals surface area contributed by atoms with Crippen molar-refractivity contribution < 1.29 is 10.0 Å². The molecule has 23 heavy (non-hydrogen) atoms. The Morgan fingerprint density at radius 1 is 1.13 bits per heavy atom. The van der Waals surface area contributed by atoms with E-state index in [2.05, 4.69) is 15.5 Å². The number of nitrogen functional groups attached to an aromatic ring is 1. The van der Waals surface area contributed by atoms with E-state index in [1.54, 1.807) is 46.6 Å². The number of carbonyl (C=O) groups excluding carboxylic acids is 1. The van der Waals surface area contributed by atoms with Gasteiger partial charge < -0.3 is 5.73 Å². The van der Waals surface area contributed by atoms with Crippen molar-refractivity contribution in [2.24, 2.45) is 0 Å². The Hall–Kier alpha value is -3.26. The second kappa shape index (κ2) is 6.24. The van der Waals surface area contributed by atoms with E-state index in [-0.39, 0.29) is 0 Å². The van der Waals surface area contributed by atoms with Crippen LogP contribution in [0.1, 0.15) is 15.9 Å². The van der Waals surface area contributed by atoms with Gasteiger partial charge in [0.05, 0.1) is 6.54 Å². The van der Waals surface area contributed by atoms with Crippen LogP contribution in [0.3, 0.4) is 0 Å². The molecule has 0 saturated carbocycles. The summed E-state index contributed by atoms with van der Waals surface area (Å²) in [5, 5.41) is 20.3. The average Bonchev–Trinajstić information content (AvgIpc) is 3.03. The minimum Gasteiger partial charge on any atom is -0.399 e. The number of amides is 1. The number of nitrogens with two attached hydrogens (primary N) is 1. The fourth-order valence-corrected chi connectivity index (χ4v) is 2.15. The fraction of sp³-hybridized carbons (Fsp3) is 0.0667. The van der Waals surface area contributed by atoms with Gasteiger partial charge >= 0.3 is 0 Å². The maximum atomic E-state index is 11.3. The minimum atomic E-state index is -0.554. The van der Waals surface area contributed by atoms with Crippen LogP contribution in [0.4, 0.5) is 5.69 Å². The number of carbonyl (C=O) groups is 1. The van der Waals surface area contributed by atoms with Crippen molar-refractivity contribution >= 4 is 11.6 Å². The van der Waals surface area contributed by atoms with Gasteiger partial charge in [-0.3, -0.25) is 10.0 Å². The summed E-state index contributed by atoms with van der Waals surface area (Å²) in [6.45, 7) is 0.452. The first-order valence-corrected chi connectivity index (χ1v) is 6.83. The summed E-state index contributed by atoms with van der Waals surface area (Å²) in [6, 6.07) is 14.1. The minimum absolute atomic E-state index is 0.367. The van der Waals surface area contributed by atoms with Gasteiger partial charge in [-0.15, -0.1) is 5.10 Å². The summed E-state index contributed by atoms with van der Waals surface area (Å²) < 4.78 is 1.66. The van der Waals surface area contributed by atoms with E-state index in [4.69, 9.17) is 10.9 Å². The van der Waals surface area contributed by atoms with Gasteiger partial charge in [-0.25, -0.2) is 10.2 Å². The largest absolute Gasteiger partial charge is 0.399 e. The SMILES string of the molecule is Nc1ccc(-c2nnnn2Cc2ccc(C(=O)NO)cc2)cc1. The third-order valence-electron chi connectivity index (χ3n) is 3.35. The molecule has 0 atom stereocenters. The number of tetrazole rings is 1. The van der Waals surface area contributed by atoms with Crippen molar-refractivity contribution in [3.8, 4) is 11.4 Å². The molecule has 3 rings (SSSR count). The Balaban J connectivity index is 1.83. The van der Waals surface area contributed by atoms with Crippen molar-refractivity contribution in [3.05, 3.63) is 59.7 Å². The lowest BCUT2D eigenvalue weighted by molar-refractivity contribution is 0.0706. The molecule has 4 N–H and O–H groups in total. The van der Waals surface area contributed by atoms with E-state index >= 15 is 0 Å². The van der Waals surface area contributed by atoms with Crippen molar-refractivity contribution in [1.82, 2.24) is 25.7 Å². The fourth-order valence-electron chi connectivity index (χ4n) is 2.15. The molecule has 0 aliphatic rings. The Labute approximate surface area is 131 Å². The van der Waals surface area contributed by atoms with Crippen LogP contribution in [0.15, 0.2) is 48.5 Å². The molecule has 0 unspecified atom stereocenters. The van der Waals surface area contributed by atoms with Crippen LogP contribution in [-0.4, -0.2) is 31.3 Å². The van der Waals surface area contributed by atoms with Gasteiger partial charge in [0, 0.05) is 16.8 Å². The molecule has 2 aromatic carbocycles. The quantitative estimate of drug-likeness (QED) is 0.377. The molecule has 0 spiro atoms. The number of hydrogen-bond donors (Lipinski definition) is 3. The number of aromatic nitrogens is 4. The van der Waals surface area contributed by atoms with Gasteiger partial charge in [0.15, 0.2) is 5.82 Å². The van der Waals surface area contributed by atoms with Gasteiger partial charge in [-0.05, 0) is 52.4 Å². The van der Waals surface area contributed by atoms with E-state index in [9.17, 15) is 4.79 Å². The third-order valence-corrected chi connectivity index (χ3v) is 3.35. The summed E-state index contributed by atoms with van der Waals surface area (Å²) in [4.78, 5) is 11.3. The standard InChI is InChI=1S/C15H14N6O2/c16-13-7-5-11(6-8-13)14-17-19-20-21(14)9-10-1-3-12(4-2-10)15(22)18-23/h1-8,23H,9,16H2,(H,18,22). The maximum absolute atomic E-state index is 11.3. The zero-order chi connectivity index (χ0) is 16.2. The van der Waals surface area contributed by atoms with Gasteiger partial charge in [0.1, 0.15) is 0 Å². The predicted molar refractivity (Wildman–Crippen MR) is 82.5 cm³/mol. The number of benzene rings is 2. The number of rotatable bonds is 4. The van der Waals surface area contributed by atoms with Crippen LogP contribution >= 0.6 is 0 Å².